The molecule has 0 unspecified atom stereocenters. The largest absolute Gasteiger partial charge is 0.0889 e. The minimum Gasteiger partial charge on any atom is -0.0889 e. The lowest BCUT2D eigenvalue weighted by Crippen LogP contribution is -1.81. The molecule has 0 bridgehead atoms. The van der Waals surface area contributed by atoms with E-state index >= 15 is 0 Å². The number of benzene rings is 5. The first-order valence-corrected chi connectivity index (χ1v) is 10.9. The van der Waals surface area contributed by atoms with Crippen LogP contribution in [0.15, 0.2) is 129 Å². The van der Waals surface area contributed by atoms with Crippen LogP contribution in [0, 0.1) is 0 Å². The third-order valence-electron chi connectivity index (χ3n) is 4.75. The molecule has 5 aromatic carbocycles. The molecule has 134 valence electrons. The van der Waals surface area contributed by atoms with Gasteiger partial charge in [-0.1, -0.05) is 96.3 Å². The van der Waals surface area contributed by atoms with Crippen LogP contribution in [-0.2, 0) is 0 Å². The fraction of sp³-hybridized carbons (Fsp3) is 0. The maximum absolute atomic E-state index is 2.28. The summed E-state index contributed by atoms with van der Waals surface area (Å²) in [5, 5.41) is 5.13. The monoisotopic (exact) mass is 394 g/mol. The molecule has 0 radical (unpaired) electrons. The summed E-state index contributed by atoms with van der Waals surface area (Å²) >= 11 is 3.66. The second kappa shape index (κ2) is 7.75. The molecule has 0 fully saturated rings. The van der Waals surface area contributed by atoms with Crippen molar-refractivity contribution in [3.8, 4) is 0 Å². The van der Waals surface area contributed by atoms with Crippen molar-refractivity contribution >= 4 is 45.1 Å². The first kappa shape index (κ1) is 17.4. The zero-order valence-corrected chi connectivity index (χ0v) is 16.8. The molecule has 2 heteroatoms. The molecule has 0 aliphatic rings. The third-order valence-corrected chi connectivity index (χ3v) is 7.01. The van der Waals surface area contributed by atoms with Crippen molar-refractivity contribution in [1.29, 1.82) is 0 Å². The summed E-state index contributed by atoms with van der Waals surface area (Å²) in [6.45, 7) is 0. The van der Waals surface area contributed by atoms with Gasteiger partial charge in [-0.25, -0.2) is 0 Å². The Morgan fingerprint density at radius 2 is 0.750 bits per heavy atom. The summed E-state index contributed by atoms with van der Waals surface area (Å²) in [6, 6.07) is 39.1. The first-order chi connectivity index (χ1) is 13.8. The van der Waals surface area contributed by atoms with Crippen LogP contribution < -0.4 is 0 Å². The Morgan fingerprint density at radius 1 is 0.357 bits per heavy atom. The van der Waals surface area contributed by atoms with Gasteiger partial charge in [0.15, 0.2) is 0 Å². The molecule has 0 nitrogen and oxygen atoms in total. The van der Waals surface area contributed by atoms with E-state index in [1.54, 1.807) is 0 Å². The third kappa shape index (κ3) is 3.66. The highest BCUT2D eigenvalue weighted by atomic mass is 32.2. The van der Waals surface area contributed by atoms with Gasteiger partial charge in [-0.2, -0.15) is 0 Å². The molecule has 0 spiro atoms. The SMILES string of the molecule is c1ccc(Sc2ccc3ccccc3c2)c(Sc2ccc3ccccc3c2)c1. The summed E-state index contributed by atoms with van der Waals surface area (Å²) < 4.78 is 0. The topological polar surface area (TPSA) is 0 Å². The van der Waals surface area contributed by atoms with Crippen molar-refractivity contribution in [2.24, 2.45) is 0 Å². The molecule has 0 aliphatic carbocycles. The molecule has 0 aromatic heterocycles. The van der Waals surface area contributed by atoms with Crippen molar-refractivity contribution in [2.75, 3.05) is 0 Å². The van der Waals surface area contributed by atoms with Gasteiger partial charge in [0, 0.05) is 19.6 Å². The Hall–Kier alpha value is -2.68. The van der Waals surface area contributed by atoms with Crippen LogP contribution in [0.25, 0.3) is 21.5 Å². The quantitative estimate of drug-likeness (QED) is 0.301. The molecule has 0 saturated heterocycles. The lowest BCUT2D eigenvalue weighted by molar-refractivity contribution is 1.24. The highest BCUT2D eigenvalue weighted by Gasteiger charge is 2.07. The molecule has 5 aromatic rings. The van der Waals surface area contributed by atoms with E-state index in [0.717, 1.165) is 0 Å². The lowest BCUT2D eigenvalue weighted by atomic mass is 10.1. The van der Waals surface area contributed by atoms with Gasteiger partial charge in [-0.05, 0) is 57.9 Å². The second-order valence-electron chi connectivity index (χ2n) is 6.67. The van der Waals surface area contributed by atoms with E-state index in [4.69, 9.17) is 0 Å². The van der Waals surface area contributed by atoms with Gasteiger partial charge in [0.25, 0.3) is 0 Å². The molecule has 0 atom stereocenters. The molecular formula is C26H18S2. The van der Waals surface area contributed by atoms with Crippen molar-refractivity contribution in [3.63, 3.8) is 0 Å². The van der Waals surface area contributed by atoms with Gasteiger partial charge < -0.3 is 0 Å². The molecule has 0 heterocycles. The summed E-state index contributed by atoms with van der Waals surface area (Å²) in [5.74, 6) is 0. The Morgan fingerprint density at radius 3 is 1.21 bits per heavy atom. The van der Waals surface area contributed by atoms with Crippen LogP contribution >= 0.6 is 23.5 Å². The fourth-order valence-corrected chi connectivity index (χ4v) is 5.37. The fourth-order valence-electron chi connectivity index (χ4n) is 3.33. The van der Waals surface area contributed by atoms with E-state index in [-0.39, 0.29) is 0 Å². The first-order valence-electron chi connectivity index (χ1n) is 9.27. The van der Waals surface area contributed by atoms with E-state index in [2.05, 4.69) is 109 Å². The van der Waals surface area contributed by atoms with Crippen LogP contribution in [-0.4, -0.2) is 0 Å². The molecule has 0 aliphatic heterocycles. The zero-order chi connectivity index (χ0) is 18.8. The average molecular weight is 395 g/mol. The van der Waals surface area contributed by atoms with Gasteiger partial charge in [0.2, 0.25) is 0 Å². The summed E-state index contributed by atoms with van der Waals surface area (Å²) in [6.07, 6.45) is 0. The normalized spacial score (nSPS) is 11.1. The highest BCUT2D eigenvalue weighted by Crippen LogP contribution is 2.40. The number of fused-ring (bicyclic) bond motifs is 2. The minimum atomic E-state index is 1.27. The van der Waals surface area contributed by atoms with Gasteiger partial charge in [-0.3, -0.25) is 0 Å². The van der Waals surface area contributed by atoms with Crippen molar-refractivity contribution in [3.05, 3.63) is 109 Å². The number of rotatable bonds is 4. The Labute approximate surface area is 173 Å². The second-order valence-corrected chi connectivity index (χ2v) is 8.90. The van der Waals surface area contributed by atoms with Crippen LogP contribution in [0.3, 0.4) is 0 Å². The molecule has 5 rings (SSSR count). The van der Waals surface area contributed by atoms with Crippen molar-refractivity contribution in [2.45, 2.75) is 19.6 Å². The summed E-state index contributed by atoms with van der Waals surface area (Å²) in [7, 11) is 0. The number of hydrogen-bond donors (Lipinski definition) is 0. The highest BCUT2D eigenvalue weighted by molar-refractivity contribution is 8.02. The van der Waals surface area contributed by atoms with E-state index in [9.17, 15) is 0 Å². The van der Waals surface area contributed by atoms with Crippen LogP contribution in [0.2, 0.25) is 0 Å². The molecule has 0 saturated carbocycles. The van der Waals surface area contributed by atoms with E-state index in [0.29, 0.717) is 0 Å². The Bertz CT molecular complexity index is 1170. The van der Waals surface area contributed by atoms with E-state index in [1.807, 2.05) is 23.5 Å². The van der Waals surface area contributed by atoms with Crippen molar-refractivity contribution < 1.29 is 0 Å². The van der Waals surface area contributed by atoms with Gasteiger partial charge in [0.05, 0.1) is 0 Å². The summed E-state index contributed by atoms with van der Waals surface area (Å²) in [4.78, 5) is 5.11. The maximum Gasteiger partial charge on any atom is 0.0261 e. The zero-order valence-electron chi connectivity index (χ0n) is 15.2. The van der Waals surface area contributed by atoms with Gasteiger partial charge in [0.1, 0.15) is 0 Å². The average Bonchev–Trinajstić information content (AvgIpc) is 2.75. The lowest BCUT2D eigenvalue weighted by Gasteiger charge is -2.10. The van der Waals surface area contributed by atoms with Gasteiger partial charge >= 0.3 is 0 Å². The smallest absolute Gasteiger partial charge is 0.0261 e. The van der Waals surface area contributed by atoms with E-state index in [1.165, 1.54) is 41.1 Å². The molecule has 28 heavy (non-hydrogen) atoms. The minimum absolute atomic E-state index is 1.27. The molecular weight excluding hydrogens is 376 g/mol. The standard InChI is InChI=1S/C26H18S2/c1-3-9-21-17-23(15-13-19(21)7-1)27-25-11-5-6-12-26(25)28-24-16-14-20-8-2-4-10-22(20)18-24/h1-18H. The number of hydrogen-bond acceptors (Lipinski definition) is 2. The molecule has 0 N–H and O–H groups in total. The van der Waals surface area contributed by atoms with Crippen LogP contribution in [0.5, 0.6) is 0 Å². The maximum atomic E-state index is 2.28. The Balaban J connectivity index is 1.45. The van der Waals surface area contributed by atoms with Crippen LogP contribution in [0.4, 0.5) is 0 Å². The predicted octanol–water partition coefficient (Wildman–Crippen LogP) is 8.30. The van der Waals surface area contributed by atoms with E-state index < -0.39 is 0 Å². The molecule has 0 amide bonds. The van der Waals surface area contributed by atoms with Gasteiger partial charge in [-0.15, -0.1) is 0 Å². The summed E-state index contributed by atoms with van der Waals surface area (Å²) in [5.41, 5.74) is 0. The predicted molar refractivity (Wildman–Crippen MR) is 123 cm³/mol. The van der Waals surface area contributed by atoms with Crippen LogP contribution in [0.1, 0.15) is 0 Å². The Kier molecular flexibility index (Phi) is 4.82. The van der Waals surface area contributed by atoms with Crippen molar-refractivity contribution in [1.82, 2.24) is 0 Å².